The summed E-state index contributed by atoms with van der Waals surface area (Å²) in [6.45, 7) is 3.09. The lowest BCUT2D eigenvalue weighted by molar-refractivity contribution is -0.272. The third kappa shape index (κ3) is 5.18. The lowest BCUT2D eigenvalue weighted by atomic mass is 10.0. The van der Waals surface area contributed by atoms with Crippen molar-refractivity contribution in [3.8, 4) is 0 Å². The average molecular weight is 276 g/mol. The number of ether oxygens (including phenoxy) is 2. The zero-order valence-corrected chi connectivity index (χ0v) is 11.0. The van der Waals surface area contributed by atoms with Crippen molar-refractivity contribution in [3.63, 3.8) is 0 Å². The molecule has 1 aliphatic heterocycles. The quantitative estimate of drug-likeness (QED) is 0.354. The standard InChI is InChI=1S/C13H24O6/c1-2-3-4-5-9(7-14)18-12-6-10(16)13(17)11(8-15)19-12/h2,9-17H,1,3-8H2/t9?,10?,11?,12?,13-/m0/s1. The van der Waals surface area contributed by atoms with Crippen LogP contribution in [-0.2, 0) is 9.47 Å². The van der Waals surface area contributed by atoms with E-state index in [1.165, 1.54) is 0 Å². The number of aliphatic hydroxyl groups is 4. The van der Waals surface area contributed by atoms with Crippen molar-refractivity contribution in [2.24, 2.45) is 0 Å². The van der Waals surface area contributed by atoms with Crippen LogP contribution in [0.2, 0.25) is 0 Å². The molecule has 6 nitrogen and oxygen atoms in total. The first-order valence-electron chi connectivity index (χ1n) is 6.62. The van der Waals surface area contributed by atoms with E-state index in [0.29, 0.717) is 6.42 Å². The van der Waals surface area contributed by atoms with Crippen LogP contribution in [0.3, 0.4) is 0 Å². The maximum Gasteiger partial charge on any atom is 0.161 e. The predicted octanol–water partition coefficient (Wildman–Crippen LogP) is -0.451. The minimum absolute atomic E-state index is 0.121. The molecule has 0 radical (unpaired) electrons. The number of unbranched alkanes of at least 4 members (excludes halogenated alkanes) is 1. The van der Waals surface area contributed by atoms with Gasteiger partial charge in [0.1, 0.15) is 12.2 Å². The second-order valence-electron chi connectivity index (χ2n) is 4.74. The minimum atomic E-state index is -1.11. The molecule has 1 saturated heterocycles. The topological polar surface area (TPSA) is 99.4 Å². The van der Waals surface area contributed by atoms with Crippen LogP contribution in [0.1, 0.15) is 25.7 Å². The van der Waals surface area contributed by atoms with Gasteiger partial charge >= 0.3 is 0 Å². The van der Waals surface area contributed by atoms with Gasteiger partial charge in [0.25, 0.3) is 0 Å². The van der Waals surface area contributed by atoms with E-state index in [1.54, 1.807) is 6.08 Å². The molecular formula is C13H24O6. The maximum atomic E-state index is 9.65. The van der Waals surface area contributed by atoms with Gasteiger partial charge in [-0.3, -0.25) is 0 Å². The fourth-order valence-corrected chi connectivity index (χ4v) is 2.06. The van der Waals surface area contributed by atoms with Crippen molar-refractivity contribution < 1.29 is 29.9 Å². The molecule has 1 heterocycles. The Balaban J connectivity index is 2.43. The summed E-state index contributed by atoms with van der Waals surface area (Å²) >= 11 is 0. The normalized spacial score (nSPS) is 33.1. The molecule has 0 spiro atoms. The molecule has 5 atom stereocenters. The van der Waals surface area contributed by atoms with Crippen molar-refractivity contribution >= 4 is 0 Å². The molecule has 0 aromatic heterocycles. The van der Waals surface area contributed by atoms with Crippen molar-refractivity contribution in [2.75, 3.05) is 13.2 Å². The van der Waals surface area contributed by atoms with E-state index in [2.05, 4.69) is 6.58 Å². The van der Waals surface area contributed by atoms with Crippen LogP contribution in [0.5, 0.6) is 0 Å². The zero-order chi connectivity index (χ0) is 14.3. The van der Waals surface area contributed by atoms with Gasteiger partial charge in [-0.2, -0.15) is 0 Å². The van der Waals surface area contributed by atoms with Gasteiger partial charge in [0.05, 0.1) is 25.4 Å². The van der Waals surface area contributed by atoms with Gasteiger partial charge < -0.3 is 29.9 Å². The van der Waals surface area contributed by atoms with Crippen LogP contribution in [0.4, 0.5) is 0 Å². The number of hydrogen-bond acceptors (Lipinski definition) is 6. The summed E-state index contributed by atoms with van der Waals surface area (Å²) in [5, 5.41) is 37.5. The third-order valence-corrected chi connectivity index (χ3v) is 3.20. The molecule has 0 saturated carbocycles. The van der Waals surface area contributed by atoms with E-state index >= 15 is 0 Å². The van der Waals surface area contributed by atoms with Crippen molar-refractivity contribution in [2.45, 2.75) is 56.4 Å². The van der Waals surface area contributed by atoms with Crippen LogP contribution >= 0.6 is 0 Å². The van der Waals surface area contributed by atoms with Gasteiger partial charge in [-0.05, 0) is 19.3 Å². The monoisotopic (exact) mass is 276 g/mol. The van der Waals surface area contributed by atoms with Crippen LogP contribution < -0.4 is 0 Å². The van der Waals surface area contributed by atoms with Gasteiger partial charge in [0.2, 0.25) is 0 Å². The fraction of sp³-hybridized carbons (Fsp3) is 0.846. The van der Waals surface area contributed by atoms with Crippen LogP contribution in [0.15, 0.2) is 12.7 Å². The predicted molar refractivity (Wildman–Crippen MR) is 68.4 cm³/mol. The molecule has 0 aromatic carbocycles. The van der Waals surface area contributed by atoms with Gasteiger partial charge in [0, 0.05) is 6.42 Å². The van der Waals surface area contributed by atoms with Gasteiger partial charge in [-0.25, -0.2) is 0 Å². The molecule has 0 aliphatic carbocycles. The first-order valence-corrected chi connectivity index (χ1v) is 6.62. The number of aliphatic hydroxyl groups excluding tert-OH is 4. The van der Waals surface area contributed by atoms with Crippen molar-refractivity contribution in [3.05, 3.63) is 12.7 Å². The SMILES string of the molecule is C=CCCCC(CO)OC1CC(O)[C@H](O)C(CO)O1. The van der Waals surface area contributed by atoms with E-state index < -0.39 is 31.2 Å². The molecule has 1 rings (SSSR count). The van der Waals surface area contributed by atoms with Crippen LogP contribution in [0, 0.1) is 0 Å². The molecule has 1 aliphatic rings. The Kier molecular flexibility index (Phi) is 7.52. The highest BCUT2D eigenvalue weighted by Gasteiger charge is 2.37. The number of rotatable bonds is 8. The molecule has 0 aromatic rings. The van der Waals surface area contributed by atoms with E-state index in [-0.39, 0.29) is 19.1 Å². The summed E-state index contributed by atoms with van der Waals surface area (Å²) in [7, 11) is 0. The summed E-state index contributed by atoms with van der Waals surface area (Å²) in [5.74, 6) is 0. The largest absolute Gasteiger partial charge is 0.394 e. The molecule has 0 amide bonds. The summed E-state index contributed by atoms with van der Waals surface area (Å²) < 4.78 is 10.9. The van der Waals surface area contributed by atoms with Crippen LogP contribution in [-0.4, -0.2) is 64.3 Å². The second kappa shape index (κ2) is 8.63. The Morgan fingerprint density at radius 2 is 2.11 bits per heavy atom. The summed E-state index contributed by atoms with van der Waals surface area (Å²) in [6, 6.07) is 0. The Morgan fingerprint density at radius 1 is 1.37 bits per heavy atom. The number of allylic oxidation sites excluding steroid dienone is 1. The molecule has 0 bridgehead atoms. The van der Waals surface area contributed by atoms with E-state index in [9.17, 15) is 15.3 Å². The van der Waals surface area contributed by atoms with E-state index in [0.717, 1.165) is 12.8 Å². The highest BCUT2D eigenvalue weighted by atomic mass is 16.7. The molecule has 4 unspecified atom stereocenters. The first-order chi connectivity index (χ1) is 9.12. The third-order valence-electron chi connectivity index (χ3n) is 3.20. The van der Waals surface area contributed by atoms with Crippen LogP contribution in [0.25, 0.3) is 0 Å². The molecule has 19 heavy (non-hydrogen) atoms. The molecule has 4 N–H and O–H groups in total. The Labute approximate surface area is 113 Å². The molecule has 1 fully saturated rings. The average Bonchev–Trinajstić information content (AvgIpc) is 2.41. The van der Waals surface area contributed by atoms with E-state index in [1.807, 2.05) is 0 Å². The molecule has 112 valence electrons. The Bertz CT molecular complexity index is 260. The van der Waals surface area contributed by atoms with Gasteiger partial charge in [-0.1, -0.05) is 6.08 Å². The first kappa shape index (κ1) is 16.6. The second-order valence-corrected chi connectivity index (χ2v) is 4.74. The molecule has 6 heteroatoms. The summed E-state index contributed by atoms with van der Waals surface area (Å²) in [6.07, 6.45) is 0.182. The highest BCUT2D eigenvalue weighted by Crippen LogP contribution is 2.23. The van der Waals surface area contributed by atoms with Gasteiger partial charge in [0.15, 0.2) is 6.29 Å². The summed E-state index contributed by atoms with van der Waals surface area (Å²) in [5.41, 5.74) is 0. The minimum Gasteiger partial charge on any atom is -0.394 e. The fourth-order valence-electron chi connectivity index (χ4n) is 2.06. The molecular weight excluding hydrogens is 252 g/mol. The number of hydrogen-bond donors (Lipinski definition) is 4. The van der Waals surface area contributed by atoms with Gasteiger partial charge in [-0.15, -0.1) is 6.58 Å². The Hall–Kier alpha value is -0.500. The lowest BCUT2D eigenvalue weighted by Crippen LogP contribution is -2.51. The smallest absolute Gasteiger partial charge is 0.161 e. The van der Waals surface area contributed by atoms with Crippen molar-refractivity contribution in [1.82, 2.24) is 0 Å². The summed E-state index contributed by atoms with van der Waals surface area (Å²) in [4.78, 5) is 0. The van der Waals surface area contributed by atoms with Crippen molar-refractivity contribution in [1.29, 1.82) is 0 Å². The maximum absolute atomic E-state index is 9.65. The highest BCUT2D eigenvalue weighted by molar-refractivity contribution is 4.82. The Morgan fingerprint density at radius 3 is 2.68 bits per heavy atom. The lowest BCUT2D eigenvalue weighted by Gasteiger charge is -2.37. The van der Waals surface area contributed by atoms with E-state index in [4.69, 9.17) is 14.6 Å². The zero-order valence-electron chi connectivity index (χ0n) is 11.0.